The second-order valence-corrected chi connectivity index (χ2v) is 5.87. The first kappa shape index (κ1) is 14.8. The summed E-state index contributed by atoms with van der Waals surface area (Å²) in [5.41, 5.74) is 1.39. The first-order valence-corrected chi connectivity index (χ1v) is 8.20. The molecule has 1 saturated heterocycles. The van der Waals surface area contributed by atoms with Gasteiger partial charge in [0.2, 0.25) is 0 Å². The summed E-state index contributed by atoms with van der Waals surface area (Å²) in [5, 5.41) is 3.44. The van der Waals surface area contributed by atoms with Crippen LogP contribution in [0.5, 0.6) is 0 Å². The fraction of sp³-hybridized carbons (Fsp3) is 0.444. The SMILES string of the molecule is Cc1nc(NCCCc2ccccc2)cc(N2CCCC2)n1. The van der Waals surface area contributed by atoms with Crippen molar-refractivity contribution in [3.63, 3.8) is 0 Å². The van der Waals surface area contributed by atoms with Crippen LogP contribution < -0.4 is 10.2 Å². The lowest BCUT2D eigenvalue weighted by Crippen LogP contribution is -2.20. The highest BCUT2D eigenvalue weighted by Crippen LogP contribution is 2.20. The third-order valence-electron chi connectivity index (χ3n) is 4.05. The van der Waals surface area contributed by atoms with Crippen LogP contribution in [0.4, 0.5) is 11.6 Å². The van der Waals surface area contributed by atoms with Crippen molar-refractivity contribution in [2.24, 2.45) is 0 Å². The van der Waals surface area contributed by atoms with Gasteiger partial charge < -0.3 is 10.2 Å². The van der Waals surface area contributed by atoms with Crippen molar-refractivity contribution < 1.29 is 0 Å². The number of aromatic nitrogens is 2. The summed E-state index contributed by atoms with van der Waals surface area (Å²) in [4.78, 5) is 11.4. The van der Waals surface area contributed by atoms with Crippen LogP contribution in [0.3, 0.4) is 0 Å². The average Bonchev–Trinajstić information content (AvgIpc) is 3.07. The van der Waals surface area contributed by atoms with Crippen LogP contribution in [0.2, 0.25) is 0 Å². The minimum atomic E-state index is 0.843. The molecule has 0 radical (unpaired) electrons. The predicted molar refractivity (Wildman–Crippen MR) is 91.5 cm³/mol. The van der Waals surface area contributed by atoms with Crippen LogP contribution >= 0.6 is 0 Å². The summed E-state index contributed by atoms with van der Waals surface area (Å²) in [6.07, 6.45) is 4.73. The number of nitrogens with one attached hydrogen (secondary N) is 1. The Labute approximate surface area is 132 Å². The molecule has 1 N–H and O–H groups in total. The van der Waals surface area contributed by atoms with Crippen molar-refractivity contribution in [2.45, 2.75) is 32.6 Å². The molecule has 0 unspecified atom stereocenters. The molecule has 1 aliphatic rings. The fourth-order valence-corrected chi connectivity index (χ4v) is 2.90. The highest BCUT2D eigenvalue weighted by Gasteiger charge is 2.14. The molecule has 4 nitrogen and oxygen atoms in total. The maximum Gasteiger partial charge on any atom is 0.134 e. The van der Waals surface area contributed by atoms with Gasteiger partial charge in [-0.05, 0) is 38.2 Å². The Bertz CT molecular complexity index is 591. The number of benzene rings is 1. The zero-order chi connectivity index (χ0) is 15.2. The number of nitrogens with zero attached hydrogens (tertiary/aromatic N) is 3. The average molecular weight is 296 g/mol. The molecule has 1 aliphatic heterocycles. The van der Waals surface area contributed by atoms with E-state index in [2.05, 4.69) is 56.6 Å². The Hall–Kier alpha value is -2.10. The lowest BCUT2D eigenvalue weighted by atomic mass is 10.1. The van der Waals surface area contributed by atoms with E-state index >= 15 is 0 Å². The highest BCUT2D eigenvalue weighted by molar-refractivity contribution is 5.49. The third-order valence-corrected chi connectivity index (χ3v) is 4.05. The van der Waals surface area contributed by atoms with Gasteiger partial charge in [-0.25, -0.2) is 9.97 Å². The lowest BCUT2D eigenvalue weighted by molar-refractivity contribution is 0.852. The summed E-state index contributed by atoms with van der Waals surface area (Å²) in [6, 6.07) is 12.7. The summed E-state index contributed by atoms with van der Waals surface area (Å²) < 4.78 is 0. The second kappa shape index (κ2) is 7.25. The zero-order valence-electron chi connectivity index (χ0n) is 13.3. The van der Waals surface area contributed by atoms with Crippen molar-refractivity contribution >= 4 is 11.6 Å². The van der Waals surface area contributed by atoms with Crippen LogP contribution in [-0.2, 0) is 6.42 Å². The molecule has 4 heteroatoms. The van der Waals surface area contributed by atoms with Crippen molar-refractivity contribution in [1.82, 2.24) is 9.97 Å². The lowest BCUT2D eigenvalue weighted by Gasteiger charge is -2.17. The topological polar surface area (TPSA) is 41.1 Å². The minimum Gasteiger partial charge on any atom is -0.370 e. The molecule has 0 saturated carbocycles. The van der Waals surface area contributed by atoms with Gasteiger partial charge in [-0.3, -0.25) is 0 Å². The summed E-state index contributed by atoms with van der Waals surface area (Å²) in [7, 11) is 0. The Morgan fingerprint density at radius 2 is 1.86 bits per heavy atom. The molecular formula is C18H24N4. The van der Waals surface area contributed by atoms with Gasteiger partial charge in [0.15, 0.2) is 0 Å². The van der Waals surface area contributed by atoms with E-state index in [9.17, 15) is 0 Å². The largest absolute Gasteiger partial charge is 0.370 e. The van der Waals surface area contributed by atoms with Crippen molar-refractivity contribution in [2.75, 3.05) is 29.9 Å². The monoisotopic (exact) mass is 296 g/mol. The van der Waals surface area contributed by atoms with E-state index in [4.69, 9.17) is 0 Å². The van der Waals surface area contributed by atoms with Gasteiger partial charge in [0.25, 0.3) is 0 Å². The van der Waals surface area contributed by atoms with E-state index in [1.807, 2.05) is 6.92 Å². The van der Waals surface area contributed by atoms with Crippen LogP contribution in [0.1, 0.15) is 30.7 Å². The molecule has 116 valence electrons. The number of hydrogen-bond acceptors (Lipinski definition) is 4. The molecule has 1 fully saturated rings. The molecule has 3 rings (SSSR count). The molecule has 22 heavy (non-hydrogen) atoms. The summed E-state index contributed by atoms with van der Waals surface area (Å²) in [6.45, 7) is 5.13. The van der Waals surface area contributed by atoms with E-state index in [0.717, 1.165) is 49.9 Å². The minimum absolute atomic E-state index is 0.843. The first-order chi connectivity index (χ1) is 10.8. The number of rotatable bonds is 6. The van der Waals surface area contributed by atoms with E-state index < -0.39 is 0 Å². The molecule has 0 atom stereocenters. The van der Waals surface area contributed by atoms with Crippen molar-refractivity contribution in [3.8, 4) is 0 Å². The van der Waals surface area contributed by atoms with Crippen LogP contribution in [0, 0.1) is 6.92 Å². The Morgan fingerprint density at radius 1 is 1.09 bits per heavy atom. The third kappa shape index (κ3) is 3.97. The molecule has 0 amide bonds. The van der Waals surface area contributed by atoms with Gasteiger partial charge >= 0.3 is 0 Å². The fourth-order valence-electron chi connectivity index (χ4n) is 2.90. The molecular weight excluding hydrogens is 272 g/mol. The smallest absolute Gasteiger partial charge is 0.134 e. The van der Waals surface area contributed by atoms with Crippen LogP contribution in [-0.4, -0.2) is 29.6 Å². The first-order valence-electron chi connectivity index (χ1n) is 8.20. The van der Waals surface area contributed by atoms with Gasteiger partial charge in [0, 0.05) is 25.7 Å². The van der Waals surface area contributed by atoms with Crippen molar-refractivity contribution in [1.29, 1.82) is 0 Å². The van der Waals surface area contributed by atoms with E-state index in [0.29, 0.717) is 0 Å². The number of aryl methyl sites for hydroxylation is 2. The van der Waals surface area contributed by atoms with E-state index in [1.165, 1.54) is 18.4 Å². The molecule has 1 aromatic carbocycles. The van der Waals surface area contributed by atoms with Crippen LogP contribution in [0.25, 0.3) is 0 Å². The maximum absolute atomic E-state index is 4.57. The van der Waals surface area contributed by atoms with Crippen LogP contribution in [0.15, 0.2) is 36.4 Å². The highest BCUT2D eigenvalue weighted by atomic mass is 15.2. The molecule has 0 aliphatic carbocycles. The molecule has 1 aromatic heterocycles. The van der Waals surface area contributed by atoms with Gasteiger partial charge in [-0.2, -0.15) is 0 Å². The maximum atomic E-state index is 4.57. The zero-order valence-corrected chi connectivity index (χ0v) is 13.3. The van der Waals surface area contributed by atoms with E-state index in [-0.39, 0.29) is 0 Å². The van der Waals surface area contributed by atoms with Gasteiger partial charge in [-0.15, -0.1) is 0 Å². The molecule has 0 spiro atoms. The Morgan fingerprint density at radius 3 is 2.64 bits per heavy atom. The Kier molecular flexibility index (Phi) is 4.88. The van der Waals surface area contributed by atoms with Gasteiger partial charge in [0.05, 0.1) is 0 Å². The van der Waals surface area contributed by atoms with Gasteiger partial charge in [-0.1, -0.05) is 30.3 Å². The van der Waals surface area contributed by atoms with E-state index in [1.54, 1.807) is 0 Å². The normalized spacial score (nSPS) is 14.3. The quantitative estimate of drug-likeness (QED) is 0.829. The molecule has 0 bridgehead atoms. The Balaban J connectivity index is 1.53. The molecule has 2 heterocycles. The standard InChI is InChI=1S/C18H24N4/c1-15-20-17(14-18(21-15)22-12-5-6-13-22)19-11-7-10-16-8-3-2-4-9-16/h2-4,8-9,14H,5-7,10-13H2,1H3,(H,19,20,21). The number of hydrogen-bond donors (Lipinski definition) is 1. The number of anilines is 2. The second-order valence-electron chi connectivity index (χ2n) is 5.87. The predicted octanol–water partition coefficient (Wildman–Crippen LogP) is 3.43. The molecule has 2 aromatic rings. The summed E-state index contributed by atoms with van der Waals surface area (Å²) in [5.74, 6) is 2.85. The summed E-state index contributed by atoms with van der Waals surface area (Å²) >= 11 is 0. The van der Waals surface area contributed by atoms with Crippen molar-refractivity contribution in [3.05, 3.63) is 47.8 Å². The van der Waals surface area contributed by atoms with Gasteiger partial charge in [0.1, 0.15) is 17.5 Å².